The monoisotopic (exact) mass is 179 g/mol. The number of phenolic OH excluding ortho intramolecular Hbond substituents is 1. The Hall–Kier alpha value is -1.02. The smallest absolute Gasteiger partial charge is 0.123 e. The lowest BCUT2D eigenvalue weighted by atomic mass is 10.0. The Bertz CT molecular complexity index is 307. The van der Waals surface area contributed by atoms with Crippen LogP contribution in [-0.2, 0) is 0 Å². The van der Waals surface area contributed by atoms with Crippen molar-refractivity contribution in [3.05, 3.63) is 28.8 Å². The van der Waals surface area contributed by atoms with E-state index in [4.69, 9.17) is 0 Å². The third-order valence-corrected chi connectivity index (χ3v) is 2.63. The first-order valence-corrected chi connectivity index (χ1v) is 4.54. The molecule has 1 aromatic carbocycles. The molecule has 0 aromatic heterocycles. The number of benzene rings is 1. The third kappa shape index (κ3) is 1.83. The number of hydrogen-bond acceptors (Lipinski definition) is 2. The van der Waals surface area contributed by atoms with Gasteiger partial charge >= 0.3 is 0 Å². The highest BCUT2D eigenvalue weighted by Gasteiger charge is 2.10. The highest BCUT2D eigenvalue weighted by Crippen LogP contribution is 2.29. The van der Waals surface area contributed by atoms with Gasteiger partial charge in [-0.2, -0.15) is 0 Å². The summed E-state index contributed by atoms with van der Waals surface area (Å²) in [5.41, 5.74) is 3.06. The van der Waals surface area contributed by atoms with Gasteiger partial charge in [-0.05, 0) is 38.9 Å². The van der Waals surface area contributed by atoms with Crippen LogP contribution in [0.4, 0.5) is 0 Å². The van der Waals surface area contributed by atoms with Crippen LogP contribution in [-0.4, -0.2) is 12.2 Å². The van der Waals surface area contributed by atoms with Gasteiger partial charge in [0.05, 0.1) is 0 Å². The fourth-order valence-electron chi connectivity index (χ4n) is 1.33. The van der Waals surface area contributed by atoms with E-state index in [-0.39, 0.29) is 6.04 Å². The van der Waals surface area contributed by atoms with Gasteiger partial charge in [-0.3, -0.25) is 0 Å². The lowest BCUT2D eigenvalue weighted by Gasteiger charge is -2.15. The molecule has 0 radical (unpaired) electrons. The van der Waals surface area contributed by atoms with Crippen molar-refractivity contribution in [3.63, 3.8) is 0 Å². The molecule has 72 valence electrons. The van der Waals surface area contributed by atoms with E-state index in [1.807, 2.05) is 40.0 Å². The number of aryl methyl sites for hydroxylation is 1. The van der Waals surface area contributed by atoms with Gasteiger partial charge < -0.3 is 10.4 Å². The quantitative estimate of drug-likeness (QED) is 0.730. The fourth-order valence-corrected chi connectivity index (χ4v) is 1.33. The van der Waals surface area contributed by atoms with E-state index < -0.39 is 0 Å². The normalized spacial score (nSPS) is 12.9. The van der Waals surface area contributed by atoms with Crippen molar-refractivity contribution in [1.82, 2.24) is 5.32 Å². The number of phenols is 1. The number of nitrogens with one attached hydrogen (secondary N) is 1. The molecular formula is C11H17NO. The van der Waals surface area contributed by atoms with E-state index >= 15 is 0 Å². The summed E-state index contributed by atoms with van der Waals surface area (Å²) < 4.78 is 0. The summed E-state index contributed by atoms with van der Waals surface area (Å²) in [6.07, 6.45) is 0. The molecule has 0 aliphatic heterocycles. The molecule has 2 N–H and O–H groups in total. The second-order valence-corrected chi connectivity index (χ2v) is 3.46. The molecule has 0 amide bonds. The largest absolute Gasteiger partial charge is 0.507 e. The van der Waals surface area contributed by atoms with Crippen LogP contribution in [0.25, 0.3) is 0 Å². The number of aromatic hydroxyl groups is 1. The summed E-state index contributed by atoms with van der Waals surface area (Å²) in [7, 11) is 1.89. The van der Waals surface area contributed by atoms with Gasteiger partial charge in [0.25, 0.3) is 0 Å². The fraction of sp³-hybridized carbons (Fsp3) is 0.455. The van der Waals surface area contributed by atoms with Crippen LogP contribution in [0.15, 0.2) is 12.1 Å². The molecule has 0 saturated heterocycles. The molecule has 2 heteroatoms. The van der Waals surface area contributed by atoms with Crippen LogP contribution in [0.1, 0.15) is 29.7 Å². The van der Waals surface area contributed by atoms with Crippen molar-refractivity contribution in [1.29, 1.82) is 0 Å². The lowest BCUT2D eigenvalue weighted by molar-refractivity contribution is 0.453. The van der Waals surface area contributed by atoms with Crippen molar-refractivity contribution >= 4 is 0 Å². The minimum absolute atomic E-state index is 0.194. The second kappa shape index (κ2) is 3.79. The van der Waals surface area contributed by atoms with Gasteiger partial charge in [0, 0.05) is 11.6 Å². The minimum Gasteiger partial charge on any atom is -0.507 e. The zero-order chi connectivity index (χ0) is 10.0. The van der Waals surface area contributed by atoms with E-state index in [1.165, 1.54) is 0 Å². The summed E-state index contributed by atoms with van der Waals surface area (Å²) in [6.45, 7) is 5.98. The number of hydrogen-bond donors (Lipinski definition) is 2. The Balaban J connectivity index is 3.18. The molecule has 13 heavy (non-hydrogen) atoms. The van der Waals surface area contributed by atoms with Crippen LogP contribution in [0.5, 0.6) is 5.75 Å². The standard InChI is InChI=1S/C11H17NO/c1-7-5-6-10(9(3)12-4)11(13)8(7)2/h5-6,9,12-13H,1-4H3/t9-/m1/s1. The van der Waals surface area contributed by atoms with E-state index in [9.17, 15) is 5.11 Å². The van der Waals surface area contributed by atoms with Gasteiger partial charge in [-0.15, -0.1) is 0 Å². The molecule has 0 spiro atoms. The summed E-state index contributed by atoms with van der Waals surface area (Å²) in [5, 5.41) is 12.9. The minimum atomic E-state index is 0.194. The highest BCUT2D eigenvalue weighted by atomic mass is 16.3. The van der Waals surface area contributed by atoms with Crippen LogP contribution in [0, 0.1) is 13.8 Å². The maximum Gasteiger partial charge on any atom is 0.123 e. The average Bonchev–Trinajstić information content (AvgIpc) is 2.13. The Morgan fingerprint density at radius 3 is 2.46 bits per heavy atom. The van der Waals surface area contributed by atoms with E-state index in [2.05, 4.69) is 5.32 Å². The molecule has 0 aliphatic rings. The van der Waals surface area contributed by atoms with Crippen LogP contribution in [0.2, 0.25) is 0 Å². The molecule has 2 nitrogen and oxygen atoms in total. The molecule has 0 saturated carbocycles. The predicted octanol–water partition coefficient (Wildman–Crippen LogP) is 2.29. The van der Waals surface area contributed by atoms with Crippen molar-refractivity contribution in [2.45, 2.75) is 26.8 Å². The molecule has 1 atom stereocenters. The lowest BCUT2D eigenvalue weighted by Crippen LogP contribution is -2.12. The van der Waals surface area contributed by atoms with Crippen molar-refractivity contribution < 1.29 is 5.11 Å². The first-order valence-electron chi connectivity index (χ1n) is 4.54. The maximum absolute atomic E-state index is 9.84. The average molecular weight is 179 g/mol. The SMILES string of the molecule is CN[C@H](C)c1ccc(C)c(C)c1O. The molecule has 1 aromatic rings. The first kappa shape index (κ1) is 10.1. The van der Waals surface area contributed by atoms with Crippen LogP contribution >= 0.6 is 0 Å². The molecule has 0 fully saturated rings. The van der Waals surface area contributed by atoms with Crippen molar-refractivity contribution in [2.75, 3.05) is 7.05 Å². The summed E-state index contributed by atoms with van der Waals surface area (Å²) in [6, 6.07) is 4.20. The third-order valence-electron chi connectivity index (χ3n) is 2.63. The van der Waals surface area contributed by atoms with Gasteiger partial charge in [-0.25, -0.2) is 0 Å². The highest BCUT2D eigenvalue weighted by molar-refractivity contribution is 5.45. The van der Waals surface area contributed by atoms with Crippen molar-refractivity contribution in [2.24, 2.45) is 0 Å². The predicted molar refractivity (Wildman–Crippen MR) is 55.1 cm³/mol. The summed E-state index contributed by atoms with van der Waals surface area (Å²) in [4.78, 5) is 0. The van der Waals surface area contributed by atoms with E-state index in [0.29, 0.717) is 5.75 Å². The molecule has 0 bridgehead atoms. The van der Waals surface area contributed by atoms with Crippen LogP contribution < -0.4 is 5.32 Å². The van der Waals surface area contributed by atoms with Gasteiger partial charge in [0.15, 0.2) is 0 Å². The first-order chi connectivity index (χ1) is 6.07. The Labute approximate surface area is 79.6 Å². The molecule has 0 aliphatic carbocycles. The van der Waals surface area contributed by atoms with E-state index in [1.54, 1.807) is 0 Å². The van der Waals surface area contributed by atoms with Crippen molar-refractivity contribution in [3.8, 4) is 5.75 Å². The number of rotatable bonds is 2. The van der Waals surface area contributed by atoms with Gasteiger partial charge in [0.1, 0.15) is 5.75 Å². The Kier molecular flexibility index (Phi) is 2.94. The zero-order valence-electron chi connectivity index (χ0n) is 8.68. The topological polar surface area (TPSA) is 32.3 Å². The zero-order valence-corrected chi connectivity index (χ0v) is 8.68. The maximum atomic E-state index is 9.84. The molecule has 1 rings (SSSR count). The molecule has 0 heterocycles. The molecule has 0 unspecified atom stereocenters. The second-order valence-electron chi connectivity index (χ2n) is 3.46. The van der Waals surface area contributed by atoms with Gasteiger partial charge in [-0.1, -0.05) is 12.1 Å². The summed E-state index contributed by atoms with van der Waals surface area (Å²) in [5.74, 6) is 0.418. The van der Waals surface area contributed by atoms with E-state index in [0.717, 1.165) is 16.7 Å². The Morgan fingerprint density at radius 2 is 1.92 bits per heavy atom. The Morgan fingerprint density at radius 1 is 1.31 bits per heavy atom. The van der Waals surface area contributed by atoms with Crippen LogP contribution in [0.3, 0.4) is 0 Å². The van der Waals surface area contributed by atoms with Gasteiger partial charge in [0.2, 0.25) is 0 Å². The molecular weight excluding hydrogens is 162 g/mol. The summed E-state index contributed by atoms with van der Waals surface area (Å²) >= 11 is 0.